The number of likely N-dealkylation sites (N-methyl/N-ethyl adjacent to an activating group) is 1. The first kappa shape index (κ1) is 15.0. The van der Waals surface area contributed by atoms with Crippen molar-refractivity contribution in [2.75, 3.05) is 7.05 Å². The van der Waals surface area contributed by atoms with Gasteiger partial charge in [0.05, 0.1) is 6.04 Å². The maximum absolute atomic E-state index is 11.7. The second kappa shape index (κ2) is 6.75. The molecule has 0 aromatic heterocycles. The molecule has 104 valence electrons. The highest BCUT2D eigenvalue weighted by atomic mass is 16.4. The number of phenolic OH excluding ortho intramolecular Hbond substituents is 1. The molecule has 2 atom stereocenters. The van der Waals surface area contributed by atoms with Crippen LogP contribution in [0.15, 0.2) is 24.3 Å². The van der Waals surface area contributed by atoms with Crippen LogP contribution < -0.4 is 10.6 Å². The summed E-state index contributed by atoms with van der Waals surface area (Å²) < 4.78 is 0. The molecule has 0 aliphatic rings. The summed E-state index contributed by atoms with van der Waals surface area (Å²) in [6.45, 7) is 1.65. The van der Waals surface area contributed by atoms with Gasteiger partial charge in [0.2, 0.25) is 5.91 Å². The zero-order chi connectivity index (χ0) is 14.4. The fraction of sp³-hybridized carbons (Fsp3) is 0.385. The molecule has 6 nitrogen and oxygen atoms in total. The van der Waals surface area contributed by atoms with Crippen molar-refractivity contribution >= 4 is 11.9 Å². The van der Waals surface area contributed by atoms with Crippen molar-refractivity contribution in [3.05, 3.63) is 29.8 Å². The molecule has 0 bridgehead atoms. The molecule has 0 spiro atoms. The van der Waals surface area contributed by atoms with Crippen LogP contribution in [0.1, 0.15) is 12.5 Å². The normalized spacial score (nSPS) is 13.6. The molecular weight excluding hydrogens is 248 g/mol. The molecule has 4 N–H and O–H groups in total. The Morgan fingerprint density at radius 3 is 2.32 bits per heavy atom. The van der Waals surface area contributed by atoms with Crippen LogP contribution in [0.3, 0.4) is 0 Å². The van der Waals surface area contributed by atoms with E-state index >= 15 is 0 Å². The summed E-state index contributed by atoms with van der Waals surface area (Å²) in [5.74, 6) is -1.35. The Bertz CT molecular complexity index is 444. The minimum atomic E-state index is -1.09. The quantitative estimate of drug-likeness (QED) is 0.586. The molecule has 1 unspecified atom stereocenters. The van der Waals surface area contributed by atoms with Crippen molar-refractivity contribution in [2.45, 2.75) is 25.4 Å². The molecular formula is C13H18N2O4. The Balaban J connectivity index is 2.71. The fourth-order valence-corrected chi connectivity index (χ4v) is 1.50. The smallest absolute Gasteiger partial charge is 0.326 e. The molecule has 1 aromatic carbocycles. The van der Waals surface area contributed by atoms with Crippen LogP contribution in [0.4, 0.5) is 0 Å². The van der Waals surface area contributed by atoms with E-state index in [-0.39, 0.29) is 18.1 Å². The SMILES string of the molecule is CNC(C)C(=O)N[C@@H](Cc1ccc(O)cc1)C(=O)O. The van der Waals surface area contributed by atoms with Gasteiger partial charge in [-0.05, 0) is 31.7 Å². The number of carboxylic acids is 1. The Kier molecular flexibility index (Phi) is 5.32. The molecule has 0 heterocycles. The topological polar surface area (TPSA) is 98.7 Å². The zero-order valence-electron chi connectivity index (χ0n) is 10.9. The third-order valence-corrected chi connectivity index (χ3v) is 2.82. The van der Waals surface area contributed by atoms with Gasteiger partial charge >= 0.3 is 5.97 Å². The van der Waals surface area contributed by atoms with Gasteiger partial charge in [0.1, 0.15) is 11.8 Å². The zero-order valence-corrected chi connectivity index (χ0v) is 10.9. The lowest BCUT2D eigenvalue weighted by atomic mass is 10.1. The summed E-state index contributed by atoms with van der Waals surface area (Å²) in [5, 5.41) is 23.5. The van der Waals surface area contributed by atoms with E-state index in [1.165, 1.54) is 12.1 Å². The van der Waals surface area contributed by atoms with E-state index in [4.69, 9.17) is 10.2 Å². The number of amides is 1. The van der Waals surface area contributed by atoms with Crippen LogP contribution in [-0.4, -0.2) is 41.2 Å². The van der Waals surface area contributed by atoms with Gasteiger partial charge in [0.15, 0.2) is 0 Å². The van der Waals surface area contributed by atoms with Gasteiger partial charge in [-0.25, -0.2) is 4.79 Å². The number of hydrogen-bond acceptors (Lipinski definition) is 4. The number of carbonyl (C=O) groups excluding carboxylic acids is 1. The van der Waals surface area contributed by atoms with Gasteiger partial charge < -0.3 is 20.8 Å². The number of aliphatic carboxylic acids is 1. The molecule has 1 aromatic rings. The third-order valence-electron chi connectivity index (χ3n) is 2.82. The molecule has 6 heteroatoms. The molecule has 19 heavy (non-hydrogen) atoms. The van der Waals surface area contributed by atoms with Gasteiger partial charge in [-0.3, -0.25) is 4.79 Å². The second-order valence-corrected chi connectivity index (χ2v) is 4.28. The van der Waals surface area contributed by atoms with Gasteiger partial charge in [-0.2, -0.15) is 0 Å². The van der Waals surface area contributed by atoms with Crippen molar-refractivity contribution in [1.82, 2.24) is 10.6 Å². The third kappa shape index (κ3) is 4.59. The molecule has 0 aliphatic carbocycles. The number of rotatable bonds is 6. The van der Waals surface area contributed by atoms with E-state index in [1.54, 1.807) is 26.1 Å². The number of phenols is 1. The highest BCUT2D eigenvalue weighted by Crippen LogP contribution is 2.11. The highest BCUT2D eigenvalue weighted by Gasteiger charge is 2.22. The van der Waals surface area contributed by atoms with Gasteiger partial charge in [0.25, 0.3) is 0 Å². The van der Waals surface area contributed by atoms with Crippen molar-refractivity contribution in [2.24, 2.45) is 0 Å². The Morgan fingerprint density at radius 1 is 1.26 bits per heavy atom. The summed E-state index contributed by atoms with van der Waals surface area (Å²) in [7, 11) is 1.62. The Hall–Kier alpha value is -2.08. The van der Waals surface area contributed by atoms with Crippen LogP contribution >= 0.6 is 0 Å². The van der Waals surface area contributed by atoms with Gasteiger partial charge in [0, 0.05) is 6.42 Å². The van der Waals surface area contributed by atoms with Crippen molar-refractivity contribution in [3.8, 4) is 5.75 Å². The summed E-state index contributed by atoms with van der Waals surface area (Å²) in [6.07, 6.45) is 0.164. The Morgan fingerprint density at radius 2 is 1.84 bits per heavy atom. The summed E-state index contributed by atoms with van der Waals surface area (Å²) in [4.78, 5) is 22.8. The lowest BCUT2D eigenvalue weighted by Crippen LogP contribution is -2.49. The number of nitrogens with one attached hydrogen (secondary N) is 2. The first-order valence-electron chi connectivity index (χ1n) is 5.92. The maximum atomic E-state index is 11.7. The summed E-state index contributed by atoms with van der Waals surface area (Å²) >= 11 is 0. The molecule has 0 saturated heterocycles. The summed E-state index contributed by atoms with van der Waals surface area (Å²) in [6, 6.07) is 4.76. The first-order valence-corrected chi connectivity index (χ1v) is 5.92. The van der Waals surface area contributed by atoms with Gasteiger partial charge in [-0.1, -0.05) is 12.1 Å². The van der Waals surface area contributed by atoms with E-state index < -0.39 is 18.1 Å². The monoisotopic (exact) mass is 266 g/mol. The fourth-order valence-electron chi connectivity index (χ4n) is 1.50. The predicted molar refractivity (Wildman–Crippen MR) is 69.9 cm³/mol. The largest absolute Gasteiger partial charge is 0.508 e. The van der Waals surface area contributed by atoms with Crippen LogP contribution in [0.25, 0.3) is 0 Å². The first-order chi connectivity index (χ1) is 8.93. The van der Waals surface area contributed by atoms with Crippen LogP contribution in [0, 0.1) is 0 Å². The molecule has 1 rings (SSSR count). The van der Waals surface area contributed by atoms with E-state index in [1.807, 2.05) is 0 Å². The number of aromatic hydroxyl groups is 1. The predicted octanol–water partition coefficient (Wildman–Crippen LogP) is 0.112. The highest BCUT2D eigenvalue weighted by molar-refractivity contribution is 5.86. The lowest BCUT2D eigenvalue weighted by molar-refractivity contribution is -0.142. The number of benzene rings is 1. The standard InChI is InChI=1S/C13H18N2O4/c1-8(14-2)12(17)15-11(13(18)19)7-9-3-5-10(16)6-4-9/h3-6,8,11,14,16H,7H2,1-2H3,(H,15,17)(H,18,19)/t8?,11-/m0/s1. The number of carboxylic acid groups (broad SMARTS) is 1. The van der Waals surface area contributed by atoms with E-state index in [2.05, 4.69) is 10.6 Å². The average Bonchev–Trinajstić information content (AvgIpc) is 2.39. The second-order valence-electron chi connectivity index (χ2n) is 4.28. The summed E-state index contributed by atoms with van der Waals surface area (Å²) in [5.41, 5.74) is 0.725. The molecule has 0 radical (unpaired) electrons. The van der Waals surface area contributed by atoms with Crippen molar-refractivity contribution in [3.63, 3.8) is 0 Å². The molecule has 0 aliphatic heterocycles. The van der Waals surface area contributed by atoms with Crippen LogP contribution in [0.5, 0.6) is 5.75 Å². The van der Waals surface area contributed by atoms with Gasteiger partial charge in [-0.15, -0.1) is 0 Å². The number of carbonyl (C=O) groups is 2. The van der Waals surface area contributed by atoms with Crippen molar-refractivity contribution in [1.29, 1.82) is 0 Å². The average molecular weight is 266 g/mol. The molecule has 1 amide bonds. The van der Waals surface area contributed by atoms with Crippen LogP contribution in [0.2, 0.25) is 0 Å². The molecule has 0 saturated carbocycles. The minimum Gasteiger partial charge on any atom is -0.508 e. The maximum Gasteiger partial charge on any atom is 0.326 e. The number of hydrogen-bond donors (Lipinski definition) is 4. The van der Waals surface area contributed by atoms with Crippen LogP contribution in [-0.2, 0) is 16.0 Å². The minimum absolute atomic E-state index is 0.114. The lowest BCUT2D eigenvalue weighted by Gasteiger charge is -2.17. The van der Waals surface area contributed by atoms with Crippen molar-refractivity contribution < 1.29 is 19.8 Å². The Labute approximate surface area is 111 Å². The van der Waals surface area contributed by atoms with E-state index in [9.17, 15) is 9.59 Å². The molecule has 0 fully saturated rings. The van der Waals surface area contributed by atoms with E-state index in [0.29, 0.717) is 0 Å². The van der Waals surface area contributed by atoms with E-state index in [0.717, 1.165) is 5.56 Å².